The number of nitrogens with zero attached hydrogens (tertiary/aromatic N) is 4. The van der Waals surface area contributed by atoms with E-state index in [1.165, 1.54) is 0 Å². The Morgan fingerprint density at radius 3 is 2.36 bits per heavy atom. The van der Waals surface area contributed by atoms with Crippen molar-refractivity contribution in [1.82, 2.24) is 9.97 Å². The highest BCUT2D eigenvalue weighted by atomic mass is 16.6. The van der Waals surface area contributed by atoms with Crippen molar-refractivity contribution in [2.45, 2.75) is 32.6 Å². The van der Waals surface area contributed by atoms with E-state index in [2.05, 4.69) is 15.3 Å². The largest absolute Gasteiger partial charge is 0.378 e. The summed E-state index contributed by atoms with van der Waals surface area (Å²) >= 11 is 0. The zero-order valence-electron chi connectivity index (χ0n) is 14.2. The van der Waals surface area contributed by atoms with Gasteiger partial charge in [-0.25, -0.2) is 0 Å². The Labute approximate surface area is 146 Å². The lowest BCUT2D eigenvalue weighted by molar-refractivity contribution is -0.383. The summed E-state index contributed by atoms with van der Waals surface area (Å²) in [5, 5.41) is 14.6. The van der Waals surface area contributed by atoms with Crippen LogP contribution in [0.5, 0.6) is 0 Å². The Kier molecular flexibility index (Phi) is 4.97. The monoisotopic (exact) mass is 342 g/mol. The quantitative estimate of drug-likeness (QED) is 0.647. The van der Waals surface area contributed by atoms with Crippen molar-refractivity contribution in [3.05, 3.63) is 39.9 Å². The summed E-state index contributed by atoms with van der Waals surface area (Å²) in [4.78, 5) is 21.4. The number of aryl methyl sites for hydroxylation is 1. The van der Waals surface area contributed by atoms with Crippen LogP contribution in [0.1, 0.15) is 31.2 Å². The zero-order chi connectivity index (χ0) is 17.8. The number of anilines is 4. The van der Waals surface area contributed by atoms with Crippen LogP contribution in [0, 0.1) is 17.0 Å². The first-order chi connectivity index (χ1) is 12.0. The highest BCUT2D eigenvalue weighted by molar-refractivity contribution is 5.72. The van der Waals surface area contributed by atoms with Crippen molar-refractivity contribution < 1.29 is 4.92 Å². The maximum atomic E-state index is 11.5. The lowest BCUT2D eigenvalue weighted by Gasteiger charge is -2.22. The van der Waals surface area contributed by atoms with E-state index in [-0.39, 0.29) is 17.5 Å². The molecule has 1 aromatic heterocycles. The average Bonchev–Trinajstić information content (AvgIpc) is 2.85. The Morgan fingerprint density at radius 2 is 1.76 bits per heavy atom. The predicted octanol–water partition coefficient (Wildman–Crippen LogP) is 3.40. The van der Waals surface area contributed by atoms with Gasteiger partial charge in [-0.15, -0.1) is 0 Å². The van der Waals surface area contributed by atoms with Crippen LogP contribution in [0.25, 0.3) is 0 Å². The van der Waals surface area contributed by atoms with E-state index >= 15 is 0 Å². The number of nitrogens with two attached hydrogens (primary N) is 1. The maximum Gasteiger partial charge on any atom is 0.353 e. The molecule has 0 atom stereocenters. The van der Waals surface area contributed by atoms with E-state index in [0.29, 0.717) is 5.82 Å². The first-order valence-electron chi connectivity index (χ1n) is 8.45. The van der Waals surface area contributed by atoms with Crippen molar-refractivity contribution in [1.29, 1.82) is 0 Å². The SMILES string of the molecule is Cc1ccc(Nc2nc(N)c([N+](=O)[O-])c(N3CCCCCC3)n2)cc1. The second-order valence-electron chi connectivity index (χ2n) is 6.25. The minimum atomic E-state index is -0.495. The summed E-state index contributed by atoms with van der Waals surface area (Å²) in [5.74, 6) is 0.453. The molecule has 0 aliphatic carbocycles. The minimum Gasteiger partial charge on any atom is -0.378 e. The van der Waals surface area contributed by atoms with E-state index < -0.39 is 4.92 Å². The third-order valence-electron chi connectivity index (χ3n) is 4.29. The van der Waals surface area contributed by atoms with Gasteiger partial charge in [0.1, 0.15) is 0 Å². The highest BCUT2D eigenvalue weighted by Crippen LogP contribution is 2.33. The Hall–Kier alpha value is -2.90. The molecule has 1 aromatic carbocycles. The Bertz CT molecular complexity index is 754. The lowest BCUT2D eigenvalue weighted by atomic mass is 10.2. The smallest absolute Gasteiger partial charge is 0.353 e. The summed E-state index contributed by atoms with van der Waals surface area (Å²) in [5.41, 5.74) is 7.62. The molecule has 1 fully saturated rings. The van der Waals surface area contributed by atoms with Crippen LogP contribution in [0.15, 0.2) is 24.3 Å². The first kappa shape index (κ1) is 16.9. The molecule has 8 heteroatoms. The number of aromatic nitrogens is 2. The van der Waals surface area contributed by atoms with Gasteiger partial charge in [-0.1, -0.05) is 30.5 Å². The number of nitrogen functional groups attached to an aromatic ring is 1. The van der Waals surface area contributed by atoms with E-state index in [1.54, 1.807) is 0 Å². The normalized spacial score (nSPS) is 14.8. The third-order valence-corrected chi connectivity index (χ3v) is 4.29. The van der Waals surface area contributed by atoms with Crippen LogP contribution < -0.4 is 16.0 Å². The van der Waals surface area contributed by atoms with Crippen LogP contribution >= 0.6 is 0 Å². The maximum absolute atomic E-state index is 11.5. The van der Waals surface area contributed by atoms with Gasteiger partial charge < -0.3 is 16.0 Å². The second-order valence-corrected chi connectivity index (χ2v) is 6.25. The molecule has 3 N–H and O–H groups in total. The van der Waals surface area contributed by atoms with Crippen LogP contribution in [0.3, 0.4) is 0 Å². The standard InChI is InChI=1S/C17H22N6O2/c1-12-6-8-13(9-7-12)19-17-20-15(18)14(23(24)25)16(21-17)22-10-4-2-3-5-11-22/h6-9H,2-5,10-11H2,1H3,(H3,18,19,20,21). The Morgan fingerprint density at radius 1 is 1.12 bits per heavy atom. The molecule has 0 unspecified atom stereocenters. The van der Waals surface area contributed by atoms with Gasteiger partial charge in [0.25, 0.3) is 0 Å². The molecular weight excluding hydrogens is 320 g/mol. The number of hydrogen-bond acceptors (Lipinski definition) is 7. The molecule has 2 heterocycles. The fraction of sp³-hybridized carbons (Fsp3) is 0.412. The topological polar surface area (TPSA) is 110 Å². The number of rotatable bonds is 4. The van der Waals surface area contributed by atoms with E-state index in [9.17, 15) is 10.1 Å². The van der Waals surface area contributed by atoms with E-state index in [0.717, 1.165) is 50.0 Å². The molecule has 0 spiro atoms. The van der Waals surface area contributed by atoms with Crippen molar-refractivity contribution in [3.8, 4) is 0 Å². The molecule has 2 aromatic rings. The summed E-state index contributed by atoms with van der Waals surface area (Å²) in [6, 6.07) is 7.74. The first-order valence-corrected chi connectivity index (χ1v) is 8.45. The minimum absolute atomic E-state index is 0.117. The second kappa shape index (κ2) is 7.33. The van der Waals surface area contributed by atoms with Crippen molar-refractivity contribution in [2.24, 2.45) is 0 Å². The molecular formula is C17H22N6O2. The zero-order valence-corrected chi connectivity index (χ0v) is 14.2. The number of benzene rings is 1. The molecule has 0 radical (unpaired) electrons. The van der Waals surface area contributed by atoms with E-state index in [1.807, 2.05) is 36.1 Å². The van der Waals surface area contributed by atoms with Crippen LogP contribution in [0.4, 0.5) is 29.0 Å². The lowest BCUT2D eigenvalue weighted by Crippen LogP contribution is -2.26. The number of nitro groups is 1. The summed E-state index contributed by atoms with van der Waals surface area (Å²) in [6.45, 7) is 3.48. The molecule has 3 rings (SSSR count). The summed E-state index contributed by atoms with van der Waals surface area (Å²) in [6.07, 6.45) is 4.22. The molecule has 1 saturated heterocycles. The molecule has 0 bridgehead atoms. The molecule has 132 valence electrons. The van der Waals surface area contributed by atoms with Gasteiger partial charge in [0.2, 0.25) is 17.6 Å². The predicted molar refractivity (Wildman–Crippen MR) is 98.2 cm³/mol. The van der Waals surface area contributed by atoms with Gasteiger partial charge in [0.05, 0.1) is 4.92 Å². The molecule has 1 aliphatic rings. The van der Waals surface area contributed by atoms with Crippen molar-refractivity contribution in [3.63, 3.8) is 0 Å². The number of hydrogen-bond donors (Lipinski definition) is 2. The van der Waals surface area contributed by atoms with Gasteiger partial charge in [-0.05, 0) is 31.9 Å². The van der Waals surface area contributed by atoms with Crippen LogP contribution in [-0.2, 0) is 0 Å². The van der Waals surface area contributed by atoms with Crippen LogP contribution in [-0.4, -0.2) is 28.0 Å². The van der Waals surface area contributed by atoms with Crippen molar-refractivity contribution in [2.75, 3.05) is 29.0 Å². The molecule has 0 saturated carbocycles. The van der Waals surface area contributed by atoms with E-state index in [4.69, 9.17) is 5.73 Å². The van der Waals surface area contributed by atoms with Gasteiger partial charge >= 0.3 is 5.69 Å². The van der Waals surface area contributed by atoms with Crippen LogP contribution in [0.2, 0.25) is 0 Å². The fourth-order valence-corrected chi connectivity index (χ4v) is 2.96. The molecule has 0 amide bonds. The summed E-state index contributed by atoms with van der Waals surface area (Å²) in [7, 11) is 0. The average molecular weight is 342 g/mol. The summed E-state index contributed by atoms with van der Waals surface area (Å²) < 4.78 is 0. The third kappa shape index (κ3) is 3.96. The molecule has 8 nitrogen and oxygen atoms in total. The molecule has 1 aliphatic heterocycles. The van der Waals surface area contributed by atoms with Gasteiger partial charge in [0.15, 0.2) is 0 Å². The fourth-order valence-electron chi connectivity index (χ4n) is 2.96. The molecule has 25 heavy (non-hydrogen) atoms. The van der Waals surface area contributed by atoms with Crippen molar-refractivity contribution >= 4 is 29.0 Å². The van der Waals surface area contributed by atoms with Gasteiger partial charge in [0, 0.05) is 18.8 Å². The van der Waals surface area contributed by atoms with Gasteiger partial charge in [-0.2, -0.15) is 9.97 Å². The number of nitrogens with one attached hydrogen (secondary N) is 1. The Balaban J connectivity index is 1.97. The highest BCUT2D eigenvalue weighted by Gasteiger charge is 2.27. The van der Waals surface area contributed by atoms with Gasteiger partial charge in [-0.3, -0.25) is 10.1 Å².